The van der Waals surface area contributed by atoms with Gasteiger partial charge in [0.2, 0.25) is 5.88 Å². The lowest BCUT2D eigenvalue weighted by molar-refractivity contribution is 0.462. The zero-order valence-electron chi connectivity index (χ0n) is 11.0. The van der Waals surface area contributed by atoms with Gasteiger partial charge in [0.15, 0.2) is 0 Å². The molecule has 1 heterocycles. The Hall–Kier alpha value is -2.03. The van der Waals surface area contributed by atoms with Gasteiger partial charge in [0.25, 0.3) is 0 Å². The van der Waals surface area contributed by atoms with Crippen LogP contribution < -0.4 is 10.5 Å². The van der Waals surface area contributed by atoms with Crippen molar-refractivity contribution < 1.29 is 4.74 Å². The maximum absolute atomic E-state index is 5.83. The van der Waals surface area contributed by atoms with E-state index in [2.05, 4.69) is 24.9 Å². The fourth-order valence-corrected chi connectivity index (χ4v) is 1.63. The molecule has 2 N–H and O–H groups in total. The molecule has 0 spiro atoms. The molecule has 0 fully saturated rings. The summed E-state index contributed by atoms with van der Waals surface area (Å²) in [4.78, 5) is 4.21. The number of anilines is 1. The topological polar surface area (TPSA) is 48.1 Å². The summed E-state index contributed by atoms with van der Waals surface area (Å²) in [5, 5.41) is 0. The van der Waals surface area contributed by atoms with Gasteiger partial charge in [-0.15, -0.1) is 0 Å². The van der Waals surface area contributed by atoms with E-state index < -0.39 is 0 Å². The van der Waals surface area contributed by atoms with Gasteiger partial charge in [-0.1, -0.05) is 26.0 Å². The molecule has 0 radical (unpaired) electrons. The Labute approximate surface area is 108 Å². The number of pyridine rings is 1. The van der Waals surface area contributed by atoms with E-state index in [4.69, 9.17) is 10.5 Å². The average molecular weight is 242 g/mol. The molecule has 0 aliphatic carbocycles. The van der Waals surface area contributed by atoms with Crippen LogP contribution in [-0.4, -0.2) is 4.98 Å². The lowest BCUT2D eigenvalue weighted by atomic mass is 10.0. The molecule has 1 aromatic carbocycles. The van der Waals surface area contributed by atoms with Crippen LogP contribution in [0.25, 0.3) is 0 Å². The van der Waals surface area contributed by atoms with Crippen molar-refractivity contribution in [1.82, 2.24) is 4.98 Å². The summed E-state index contributed by atoms with van der Waals surface area (Å²) in [7, 11) is 0. The minimum absolute atomic E-state index is 0.476. The van der Waals surface area contributed by atoms with E-state index in [1.165, 1.54) is 5.56 Å². The highest BCUT2D eigenvalue weighted by molar-refractivity contribution is 5.48. The van der Waals surface area contributed by atoms with E-state index >= 15 is 0 Å². The maximum atomic E-state index is 5.83. The molecule has 2 rings (SSSR count). The lowest BCUT2D eigenvalue weighted by Crippen LogP contribution is -1.95. The molecule has 0 saturated heterocycles. The third-order valence-corrected chi connectivity index (χ3v) is 2.87. The minimum Gasteiger partial charge on any atom is -0.439 e. The predicted molar refractivity (Wildman–Crippen MR) is 74.0 cm³/mol. The summed E-state index contributed by atoms with van der Waals surface area (Å²) in [6, 6.07) is 9.78. The summed E-state index contributed by atoms with van der Waals surface area (Å²) in [6.07, 6.45) is 1.72. The number of ether oxygens (including phenoxy) is 1. The normalized spacial score (nSPS) is 10.7. The van der Waals surface area contributed by atoms with E-state index in [9.17, 15) is 0 Å². The van der Waals surface area contributed by atoms with Crippen LogP contribution in [0.4, 0.5) is 5.69 Å². The van der Waals surface area contributed by atoms with Crippen molar-refractivity contribution in [3.05, 3.63) is 47.7 Å². The number of nitrogens with two attached hydrogens (primary N) is 1. The quantitative estimate of drug-likeness (QED) is 0.888. The Bertz CT molecular complexity index is 550. The predicted octanol–water partition coefficient (Wildman–Crippen LogP) is 3.89. The second kappa shape index (κ2) is 5.08. The number of hydrogen-bond acceptors (Lipinski definition) is 3. The van der Waals surface area contributed by atoms with Gasteiger partial charge in [-0.05, 0) is 36.1 Å². The van der Waals surface area contributed by atoms with Crippen molar-refractivity contribution in [3.8, 4) is 11.6 Å². The van der Waals surface area contributed by atoms with Crippen LogP contribution >= 0.6 is 0 Å². The van der Waals surface area contributed by atoms with E-state index in [0.29, 0.717) is 17.5 Å². The Morgan fingerprint density at radius 3 is 2.67 bits per heavy atom. The number of hydrogen-bond donors (Lipinski definition) is 1. The van der Waals surface area contributed by atoms with Crippen LogP contribution in [0.1, 0.15) is 30.9 Å². The molecule has 94 valence electrons. The molecular formula is C15H18N2O. The molecular weight excluding hydrogens is 224 g/mol. The van der Waals surface area contributed by atoms with Gasteiger partial charge in [0.1, 0.15) is 5.75 Å². The first kappa shape index (κ1) is 12.4. The highest BCUT2D eigenvalue weighted by Crippen LogP contribution is 2.25. The van der Waals surface area contributed by atoms with E-state index in [1.807, 2.05) is 25.1 Å². The van der Waals surface area contributed by atoms with Gasteiger partial charge in [0.05, 0.1) is 0 Å². The highest BCUT2D eigenvalue weighted by Gasteiger charge is 2.04. The molecule has 1 aromatic heterocycles. The summed E-state index contributed by atoms with van der Waals surface area (Å²) in [5.74, 6) is 1.79. The van der Waals surface area contributed by atoms with Crippen molar-refractivity contribution in [2.45, 2.75) is 26.7 Å². The second-order valence-corrected chi connectivity index (χ2v) is 4.71. The first-order chi connectivity index (χ1) is 8.56. The molecule has 0 bridgehead atoms. The van der Waals surface area contributed by atoms with Crippen LogP contribution in [0.3, 0.4) is 0 Å². The number of aromatic nitrogens is 1. The molecule has 0 aliphatic heterocycles. The molecule has 0 saturated carbocycles. The number of aryl methyl sites for hydroxylation is 1. The standard InChI is InChI=1S/C15H18N2O/c1-10(2)12-5-4-6-13(7-12)18-15-8-14(16)11(3)9-17-15/h4-10H,1-3H3,(H2,16,17). The molecule has 0 aliphatic rings. The van der Waals surface area contributed by atoms with Crippen LogP contribution in [0, 0.1) is 6.92 Å². The third-order valence-electron chi connectivity index (χ3n) is 2.87. The zero-order chi connectivity index (χ0) is 13.1. The number of nitrogens with zero attached hydrogens (tertiary/aromatic N) is 1. The van der Waals surface area contributed by atoms with Gasteiger partial charge >= 0.3 is 0 Å². The smallest absolute Gasteiger partial charge is 0.221 e. The summed E-state index contributed by atoms with van der Waals surface area (Å²) >= 11 is 0. The van der Waals surface area contributed by atoms with E-state index in [-0.39, 0.29) is 0 Å². The summed E-state index contributed by atoms with van der Waals surface area (Å²) < 4.78 is 5.71. The number of benzene rings is 1. The maximum Gasteiger partial charge on any atom is 0.221 e. The van der Waals surface area contributed by atoms with E-state index in [0.717, 1.165) is 11.3 Å². The Balaban J connectivity index is 2.23. The molecule has 0 atom stereocenters. The van der Waals surface area contributed by atoms with Crippen molar-refractivity contribution >= 4 is 5.69 Å². The molecule has 18 heavy (non-hydrogen) atoms. The number of nitrogen functional groups attached to an aromatic ring is 1. The fraction of sp³-hybridized carbons (Fsp3) is 0.267. The zero-order valence-corrected chi connectivity index (χ0v) is 11.0. The Kier molecular flexibility index (Phi) is 3.51. The van der Waals surface area contributed by atoms with Crippen molar-refractivity contribution in [3.63, 3.8) is 0 Å². The van der Waals surface area contributed by atoms with Gasteiger partial charge in [-0.3, -0.25) is 0 Å². The Morgan fingerprint density at radius 1 is 1.22 bits per heavy atom. The highest BCUT2D eigenvalue weighted by atomic mass is 16.5. The van der Waals surface area contributed by atoms with Gasteiger partial charge in [-0.2, -0.15) is 0 Å². The fourth-order valence-electron chi connectivity index (χ4n) is 1.63. The van der Waals surface area contributed by atoms with Crippen LogP contribution in [0.5, 0.6) is 11.6 Å². The largest absolute Gasteiger partial charge is 0.439 e. The van der Waals surface area contributed by atoms with Crippen molar-refractivity contribution in [2.75, 3.05) is 5.73 Å². The lowest BCUT2D eigenvalue weighted by Gasteiger charge is -2.09. The molecule has 3 heteroatoms. The molecule has 3 nitrogen and oxygen atoms in total. The Morgan fingerprint density at radius 2 is 2.00 bits per heavy atom. The van der Waals surface area contributed by atoms with E-state index in [1.54, 1.807) is 12.3 Å². The third kappa shape index (κ3) is 2.80. The van der Waals surface area contributed by atoms with Crippen LogP contribution in [0.2, 0.25) is 0 Å². The number of rotatable bonds is 3. The first-order valence-corrected chi connectivity index (χ1v) is 6.06. The van der Waals surface area contributed by atoms with Gasteiger partial charge in [-0.25, -0.2) is 4.98 Å². The summed E-state index contributed by atoms with van der Waals surface area (Å²) in [5.41, 5.74) is 8.73. The van der Waals surface area contributed by atoms with Crippen LogP contribution in [-0.2, 0) is 0 Å². The molecule has 0 amide bonds. The molecule has 0 unspecified atom stereocenters. The molecule has 2 aromatic rings. The monoisotopic (exact) mass is 242 g/mol. The summed E-state index contributed by atoms with van der Waals surface area (Å²) in [6.45, 7) is 6.23. The average Bonchev–Trinajstić information content (AvgIpc) is 2.34. The first-order valence-electron chi connectivity index (χ1n) is 6.06. The van der Waals surface area contributed by atoms with Crippen molar-refractivity contribution in [1.29, 1.82) is 0 Å². The van der Waals surface area contributed by atoms with Crippen LogP contribution in [0.15, 0.2) is 36.5 Å². The van der Waals surface area contributed by atoms with Gasteiger partial charge < -0.3 is 10.5 Å². The SMILES string of the molecule is Cc1cnc(Oc2cccc(C(C)C)c2)cc1N. The minimum atomic E-state index is 0.476. The van der Waals surface area contributed by atoms with Gasteiger partial charge in [0, 0.05) is 18.0 Å². The van der Waals surface area contributed by atoms with Crippen molar-refractivity contribution in [2.24, 2.45) is 0 Å². The second-order valence-electron chi connectivity index (χ2n) is 4.71.